The molecule has 0 fully saturated rings. The molecule has 224 valence electrons. The van der Waals surface area contributed by atoms with Gasteiger partial charge in [-0.3, -0.25) is 0 Å². The number of rotatable bonds is 6. The monoisotopic (exact) mass is 585 g/mol. The van der Waals surface area contributed by atoms with Crippen LogP contribution in [0.3, 0.4) is 0 Å². The average Bonchev–Trinajstić information content (AvgIpc) is 3.00. The zero-order chi connectivity index (χ0) is 31.8. The summed E-state index contributed by atoms with van der Waals surface area (Å²) in [5, 5.41) is 3.60. The van der Waals surface area contributed by atoms with E-state index in [1.54, 1.807) is 0 Å². The van der Waals surface area contributed by atoms with E-state index in [1.807, 2.05) is 0 Å². The maximum atomic E-state index is 3.60. The molecule has 1 nitrogen and oxygen atoms in total. The van der Waals surface area contributed by atoms with E-state index in [2.05, 4.69) is 170 Å². The third kappa shape index (κ3) is 6.22. The summed E-state index contributed by atoms with van der Waals surface area (Å²) in [6, 6.07) is 40.4. The summed E-state index contributed by atoms with van der Waals surface area (Å²) in [5.41, 5.74) is 22.9. The zero-order valence-electron chi connectivity index (χ0n) is 27.9. The first-order valence-electron chi connectivity index (χ1n) is 15.9. The highest BCUT2D eigenvalue weighted by molar-refractivity contribution is 5.80. The molecule has 0 amide bonds. The third-order valence-electron chi connectivity index (χ3n) is 9.17. The third-order valence-corrected chi connectivity index (χ3v) is 9.17. The molecule has 0 aliphatic rings. The van der Waals surface area contributed by atoms with Gasteiger partial charge in [0.1, 0.15) is 0 Å². The Labute approximate surface area is 269 Å². The van der Waals surface area contributed by atoms with Crippen molar-refractivity contribution >= 4 is 11.4 Å². The highest BCUT2D eigenvalue weighted by Gasteiger charge is 2.12. The topological polar surface area (TPSA) is 12.0 Å². The van der Waals surface area contributed by atoms with E-state index in [0.29, 0.717) is 0 Å². The fourth-order valence-corrected chi connectivity index (χ4v) is 6.70. The second kappa shape index (κ2) is 12.3. The van der Waals surface area contributed by atoms with Crippen LogP contribution in [0.2, 0.25) is 0 Å². The van der Waals surface area contributed by atoms with Crippen molar-refractivity contribution in [2.75, 3.05) is 5.32 Å². The molecule has 45 heavy (non-hydrogen) atoms. The lowest BCUT2D eigenvalue weighted by Gasteiger charge is -2.16. The number of aryl methyl sites for hydroxylation is 8. The van der Waals surface area contributed by atoms with Gasteiger partial charge in [-0.1, -0.05) is 96.1 Å². The van der Waals surface area contributed by atoms with Crippen molar-refractivity contribution in [2.24, 2.45) is 0 Å². The molecule has 1 N–H and O–H groups in total. The molecule has 0 unspecified atom stereocenters. The van der Waals surface area contributed by atoms with Crippen molar-refractivity contribution < 1.29 is 0 Å². The van der Waals surface area contributed by atoms with Crippen LogP contribution in [0.1, 0.15) is 44.5 Å². The van der Waals surface area contributed by atoms with Crippen LogP contribution in [-0.2, 0) is 0 Å². The summed E-state index contributed by atoms with van der Waals surface area (Å²) in [5.74, 6) is 0. The number of hydrogen-bond acceptors (Lipinski definition) is 1. The number of anilines is 2. The van der Waals surface area contributed by atoms with Crippen LogP contribution in [0.15, 0.2) is 109 Å². The molecule has 0 bridgehead atoms. The Morgan fingerprint density at radius 2 is 0.600 bits per heavy atom. The van der Waals surface area contributed by atoms with Gasteiger partial charge in [-0.05, 0) is 158 Å². The molecule has 0 spiro atoms. The summed E-state index contributed by atoms with van der Waals surface area (Å²) in [6.45, 7) is 17.6. The molecule has 0 aliphatic carbocycles. The Bertz CT molecular complexity index is 1880. The van der Waals surface area contributed by atoms with Crippen LogP contribution < -0.4 is 5.32 Å². The summed E-state index contributed by atoms with van der Waals surface area (Å²) >= 11 is 0. The minimum absolute atomic E-state index is 1.08. The highest BCUT2D eigenvalue weighted by Crippen LogP contribution is 2.36. The first-order chi connectivity index (χ1) is 21.6. The van der Waals surface area contributed by atoms with E-state index < -0.39 is 0 Å². The maximum Gasteiger partial charge on any atom is 0.0384 e. The normalized spacial score (nSPS) is 11.1. The van der Waals surface area contributed by atoms with Gasteiger partial charge in [0.05, 0.1) is 0 Å². The summed E-state index contributed by atoms with van der Waals surface area (Å²) in [7, 11) is 0. The smallest absolute Gasteiger partial charge is 0.0384 e. The molecular weight excluding hydrogens is 542 g/mol. The van der Waals surface area contributed by atoms with Crippen molar-refractivity contribution in [1.82, 2.24) is 0 Å². The number of nitrogens with one attached hydrogen (secondary N) is 1. The molecule has 0 aromatic heterocycles. The lowest BCUT2D eigenvalue weighted by atomic mass is 9.90. The van der Waals surface area contributed by atoms with Crippen molar-refractivity contribution in [1.29, 1.82) is 0 Å². The van der Waals surface area contributed by atoms with Crippen LogP contribution in [0, 0.1) is 55.4 Å². The molecule has 1 heteroatoms. The Balaban J connectivity index is 1.19. The summed E-state index contributed by atoms with van der Waals surface area (Å²) < 4.78 is 0. The SMILES string of the molecule is Cc1ccc(-c2cc(C)c(-c3ccc(Nc4ccc(-c5cc(C)c(-c6ccc(C)cc6C)cc5C)cc4)cc3)cc2C)c(C)c1. The molecule has 0 saturated carbocycles. The minimum atomic E-state index is 1.08. The summed E-state index contributed by atoms with van der Waals surface area (Å²) in [4.78, 5) is 0. The standard InChI is InChI=1S/C44H43N/c1-27-9-19-39(29(3)21-27)43-25-31(5)41(23-33(43)7)35-11-15-37(16-12-35)45-38-17-13-36(14-18-38)42-24-34(8)44(26-32(42)6)40-20-10-28(2)22-30(40)4/h9-26,45H,1-8H3. The van der Waals surface area contributed by atoms with Crippen LogP contribution in [0.4, 0.5) is 11.4 Å². The van der Waals surface area contributed by atoms with E-state index in [9.17, 15) is 0 Å². The van der Waals surface area contributed by atoms with Gasteiger partial charge in [-0.2, -0.15) is 0 Å². The van der Waals surface area contributed by atoms with Crippen LogP contribution in [0.25, 0.3) is 44.5 Å². The Hall–Kier alpha value is -4.88. The fraction of sp³-hybridized carbons (Fsp3) is 0.182. The minimum Gasteiger partial charge on any atom is -0.356 e. The van der Waals surface area contributed by atoms with E-state index in [4.69, 9.17) is 0 Å². The van der Waals surface area contributed by atoms with E-state index in [1.165, 1.54) is 89.0 Å². The number of benzene rings is 6. The van der Waals surface area contributed by atoms with E-state index in [0.717, 1.165) is 11.4 Å². The molecule has 6 aromatic rings. The molecule has 0 atom stereocenters. The first kappa shape index (κ1) is 30.2. The van der Waals surface area contributed by atoms with E-state index >= 15 is 0 Å². The van der Waals surface area contributed by atoms with Gasteiger partial charge in [0.15, 0.2) is 0 Å². The second-order valence-corrected chi connectivity index (χ2v) is 12.9. The quantitative estimate of drug-likeness (QED) is 0.205. The molecule has 0 saturated heterocycles. The first-order valence-corrected chi connectivity index (χ1v) is 15.9. The van der Waals surface area contributed by atoms with E-state index in [-0.39, 0.29) is 0 Å². The van der Waals surface area contributed by atoms with Gasteiger partial charge < -0.3 is 5.32 Å². The molecule has 0 aliphatic heterocycles. The van der Waals surface area contributed by atoms with Gasteiger partial charge >= 0.3 is 0 Å². The van der Waals surface area contributed by atoms with Gasteiger partial charge in [0.2, 0.25) is 0 Å². The Morgan fingerprint density at radius 1 is 0.289 bits per heavy atom. The summed E-state index contributed by atoms with van der Waals surface area (Å²) in [6.07, 6.45) is 0. The van der Waals surface area contributed by atoms with Crippen LogP contribution >= 0.6 is 0 Å². The lowest BCUT2D eigenvalue weighted by Crippen LogP contribution is -1.94. The van der Waals surface area contributed by atoms with Gasteiger partial charge in [-0.25, -0.2) is 0 Å². The fourth-order valence-electron chi connectivity index (χ4n) is 6.70. The molecule has 0 heterocycles. The maximum absolute atomic E-state index is 3.60. The average molecular weight is 586 g/mol. The number of hydrogen-bond donors (Lipinski definition) is 1. The molecular formula is C44H43N. The predicted octanol–water partition coefficient (Wildman–Crippen LogP) is 12.6. The molecule has 0 radical (unpaired) electrons. The van der Waals surface area contributed by atoms with Crippen LogP contribution in [0.5, 0.6) is 0 Å². The Kier molecular flexibility index (Phi) is 8.21. The van der Waals surface area contributed by atoms with Crippen molar-refractivity contribution in [3.8, 4) is 44.5 Å². The molecule has 6 rings (SSSR count). The second-order valence-electron chi connectivity index (χ2n) is 12.9. The van der Waals surface area contributed by atoms with Gasteiger partial charge in [-0.15, -0.1) is 0 Å². The zero-order valence-corrected chi connectivity index (χ0v) is 27.9. The molecule has 6 aromatic carbocycles. The van der Waals surface area contributed by atoms with Crippen LogP contribution in [-0.4, -0.2) is 0 Å². The van der Waals surface area contributed by atoms with Crippen molar-refractivity contribution in [3.05, 3.63) is 154 Å². The van der Waals surface area contributed by atoms with Crippen molar-refractivity contribution in [3.63, 3.8) is 0 Å². The van der Waals surface area contributed by atoms with Crippen molar-refractivity contribution in [2.45, 2.75) is 55.4 Å². The predicted molar refractivity (Wildman–Crippen MR) is 196 cm³/mol. The largest absolute Gasteiger partial charge is 0.356 e. The Morgan fingerprint density at radius 3 is 0.956 bits per heavy atom. The highest BCUT2D eigenvalue weighted by atomic mass is 14.9. The van der Waals surface area contributed by atoms with Gasteiger partial charge in [0.25, 0.3) is 0 Å². The van der Waals surface area contributed by atoms with Gasteiger partial charge in [0, 0.05) is 11.4 Å². The lowest BCUT2D eigenvalue weighted by molar-refractivity contribution is 1.34.